The molecular weight excluding hydrogens is 198 g/mol. The highest BCUT2D eigenvalue weighted by molar-refractivity contribution is 7.80. The SMILES string of the molecule is CCc1cc(C#N)c(C(=O)O)cc1S. The molecule has 0 saturated carbocycles. The van der Waals surface area contributed by atoms with E-state index in [1.807, 2.05) is 13.0 Å². The van der Waals surface area contributed by atoms with Crippen LogP contribution in [-0.2, 0) is 6.42 Å². The van der Waals surface area contributed by atoms with Gasteiger partial charge in [0.2, 0.25) is 0 Å². The number of hydrogen-bond donors (Lipinski definition) is 2. The smallest absolute Gasteiger partial charge is 0.337 e. The molecule has 1 rings (SSSR count). The molecule has 4 heteroatoms. The summed E-state index contributed by atoms with van der Waals surface area (Å²) in [5.41, 5.74) is 1.08. The monoisotopic (exact) mass is 207 g/mol. The molecule has 0 heterocycles. The maximum absolute atomic E-state index is 10.7. The lowest BCUT2D eigenvalue weighted by Crippen LogP contribution is -2.01. The van der Waals surface area contributed by atoms with Gasteiger partial charge in [-0.1, -0.05) is 6.92 Å². The minimum Gasteiger partial charge on any atom is -0.478 e. The maximum atomic E-state index is 10.7. The van der Waals surface area contributed by atoms with Crippen molar-refractivity contribution >= 4 is 18.6 Å². The molecule has 0 aliphatic carbocycles. The molecule has 1 aromatic carbocycles. The zero-order valence-electron chi connectivity index (χ0n) is 7.61. The molecule has 3 nitrogen and oxygen atoms in total. The van der Waals surface area contributed by atoms with E-state index in [0.29, 0.717) is 4.90 Å². The summed E-state index contributed by atoms with van der Waals surface area (Å²) in [4.78, 5) is 11.4. The van der Waals surface area contributed by atoms with E-state index in [0.717, 1.165) is 12.0 Å². The summed E-state index contributed by atoms with van der Waals surface area (Å²) in [6, 6.07) is 4.86. The number of carboxylic acids is 1. The topological polar surface area (TPSA) is 61.1 Å². The lowest BCUT2D eigenvalue weighted by atomic mass is 10.0. The molecular formula is C10H9NO2S. The van der Waals surface area contributed by atoms with Gasteiger partial charge in [0.05, 0.1) is 11.1 Å². The Hall–Kier alpha value is -1.47. The first-order valence-electron chi connectivity index (χ1n) is 4.09. The first-order valence-corrected chi connectivity index (χ1v) is 4.54. The number of carbonyl (C=O) groups is 1. The van der Waals surface area contributed by atoms with Gasteiger partial charge in [0.15, 0.2) is 0 Å². The van der Waals surface area contributed by atoms with Gasteiger partial charge in [0.25, 0.3) is 0 Å². The Morgan fingerprint density at radius 2 is 2.29 bits per heavy atom. The van der Waals surface area contributed by atoms with E-state index >= 15 is 0 Å². The standard InChI is InChI=1S/C10H9NO2S/c1-2-6-3-7(5-11)8(10(12)13)4-9(6)14/h3-4,14H,2H2,1H3,(H,12,13). The van der Waals surface area contributed by atoms with Crippen molar-refractivity contribution in [1.82, 2.24) is 0 Å². The summed E-state index contributed by atoms with van der Waals surface area (Å²) in [5.74, 6) is -1.10. The Morgan fingerprint density at radius 3 is 2.71 bits per heavy atom. The van der Waals surface area contributed by atoms with Crippen molar-refractivity contribution in [2.24, 2.45) is 0 Å². The minimum absolute atomic E-state index is 0.00898. The van der Waals surface area contributed by atoms with E-state index in [4.69, 9.17) is 10.4 Å². The van der Waals surface area contributed by atoms with Crippen molar-refractivity contribution in [1.29, 1.82) is 5.26 Å². The molecule has 1 N–H and O–H groups in total. The second-order valence-electron chi connectivity index (χ2n) is 2.80. The summed E-state index contributed by atoms with van der Waals surface area (Å²) in [5, 5.41) is 17.5. The number of aromatic carboxylic acids is 1. The highest BCUT2D eigenvalue weighted by Gasteiger charge is 2.12. The third-order valence-corrected chi connectivity index (χ3v) is 2.37. The number of nitriles is 1. The normalized spacial score (nSPS) is 9.50. The van der Waals surface area contributed by atoms with Gasteiger partial charge >= 0.3 is 5.97 Å². The Bertz CT molecular complexity index is 421. The highest BCUT2D eigenvalue weighted by Crippen LogP contribution is 2.20. The molecule has 0 atom stereocenters. The van der Waals surface area contributed by atoms with Gasteiger partial charge in [-0.25, -0.2) is 4.79 Å². The summed E-state index contributed by atoms with van der Waals surface area (Å²) in [6.07, 6.45) is 0.730. The van der Waals surface area contributed by atoms with Crippen LogP contribution in [0, 0.1) is 11.3 Å². The van der Waals surface area contributed by atoms with Crippen LogP contribution in [0.25, 0.3) is 0 Å². The van der Waals surface area contributed by atoms with E-state index in [1.54, 1.807) is 6.07 Å². The predicted molar refractivity (Wildman–Crippen MR) is 54.7 cm³/mol. The fourth-order valence-electron chi connectivity index (χ4n) is 1.19. The van der Waals surface area contributed by atoms with E-state index in [2.05, 4.69) is 12.6 Å². The molecule has 0 bridgehead atoms. The molecule has 0 amide bonds. The van der Waals surface area contributed by atoms with Crippen molar-refractivity contribution in [3.8, 4) is 6.07 Å². The molecule has 0 aromatic heterocycles. The first-order chi connectivity index (χ1) is 6.60. The van der Waals surface area contributed by atoms with E-state index in [-0.39, 0.29) is 11.1 Å². The highest BCUT2D eigenvalue weighted by atomic mass is 32.1. The summed E-state index contributed by atoms with van der Waals surface area (Å²) < 4.78 is 0. The van der Waals surface area contributed by atoms with E-state index in [1.165, 1.54) is 6.07 Å². The van der Waals surface area contributed by atoms with Crippen LogP contribution in [0.3, 0.4) is 0 Å². The van der Waals surface area contributed by atoms with Crippen LogP contribution in [0.15, 0.2) is 17.0 Å². The van der Waals surface area contributed by atoms with Crippen molar-refractivity contribution in [2.75, 3.05) is 0 Å². The molecule has 0 radical (unpaired) electrons. The fraction of sp³-hybridized carbons (Fsp3) is 0.200. The van der Waals surface area contributed by atoms with E-state index < -0.39 is 5.97 Å². The molecule has 0 aliphatic rings. The van der Waals surface area contributed by atoms with Gasteiger partial charge in [-0.3, -0.25) is 0 Å². The Kier molecular flexibility index (Phi) is 3.15. The van der Waals surface area contributed by atoms with Crippen molar-refractivity contribution in [3.05, 3.63) is 28.8 Å². The van der Waals surface area contributed by atoms with Gasteiger partial charge in [-0.15, -0.1) is 12.6 Å². The molecule has 1 aromatic rings. The lowest BCUT2D eigenvalue weighted by Gasteiger charge is -2.05. The van der Waals surface area contributed by atoms with Crippen molar-refractivity contribution in [2.45, 2.75) is 18.2 Å². The van der Waals surface area contributed by atoms with Crippen LogP contribution in [0.5, 0.6) is 0 Å². The largest absolute Gasteiger partial charge is 0.478 e. The second-order valence-corrected chi connectivity index (χ2v) is 3.28. The Labute approximate surface area is 87.4 Å². The number of carboxylic acid groups (broad SMARTS) is 1. The number of benzene rings is 1. The molecule has 14 heavy (non-hydrogen) atoms. The van der Waals surface area contributed by atoms with Crippen LogP contribution < -0.4 is 0 Å². The minimum atomic E-state index is -1.10. The molecule has 0 aliphatic heterocycles. The molecule has 0 unspecified atom stereocenters. The molecule has 0 fully saturated rings. The van der Waals surface area contributed by atoms with Gasteiger partial charge in [-0.05, 0) is 24.1 Å². The summed E-state index contributed by atoms with van der Waals surface area (Å²) >= 11 is 4.16. The van der Waals surface area contributed by atoms with Gasteiger partial charge in [0, 0.05) is 4.90 Å². The zero-order chi connectivity index (χ0) is 10.7. The van der Waals surface area contributed by atoms with Gasteiger partial charge in [-0.2, -0.15) is 5.26 Å². The Morgan fingerprint density at radius 1 is 1.64 bits per heavy atom. The quantitative estimate of drug-likeness (QED) is 0.730. The number of nitrogens with zero attached hydrogens (tertiary/aromatic N) is 1. The fourth-order valence-corrected chi connectivity index (χ4v) is 1.54. The number of hydrogen-bond acceptors (Lipinski definition) is 3. The van der Waals surface area contributed by atoms with Gasteiger partial charge < -0.3 is 5.11 Å². The van der Waals surface area contributed by atoms with Crippen LogP contribution in [0.2, 0.25) is 0 Å². The maximum Gasteiger partial charge on any atom is 0.337 e. The third-order valence-electron chi connectivity index (χ3n) is 1.95. The third kappa shape index (κ3) is 1.88. The lowest BCUT2D eigenvalue weighted by molar-refractivity contribution is 0.0696. The van der Waals surface area contributed by atoms with E-state index in [9.17, 15) is 4.79 Å². The zero-order valence-corrected chi connectivity index (χ0v) is 8.51. The Balaban J connectivity index is 3.41. The molecule has 0 spiro atoms. The second kappa shape index (κ2) is 4.16. The summed E-state index contributed by atoms with van der Waals surface area (Å²) in [7, 11) is 0. The average Bonchev–Trinajstić information content (AvgIpc) is 2.17. The molecule has 0 saturated heterocycles. The molecule has 72 valence electrons. The predicted octanol–water partition coefficient (Wildman–Crippen LogP) is 2.11. The first kappa shape index (κ1) is 10.6. The average molecular weight is 207 g/mol. The van der Waals surface area contributed by atoms with Crippen molar-refractivity contribution in [3.63, 3.8) is 0 Å². The number of aryl methyl sites for hydroxylation is 1. The van der Waals surface area contributed by atoms with Gasteiger partial charge in [0.1, 0.15) is 6.07 Å². The van der Waals surface area contributed by atoms with Crippen LogP contribution in [-0.4, -0.2) is 11.1 Å². The number of rotatable bonds is 2. The van der Waals surface area contributed by atoms with Crippen molar-refractivity contribution < 1.29 is 9.90 Å². The van der Waals surface area contributed by atoms with Crippen LogP contribution >= 0.6 is 12.6 Å². The number of thiol groups is 1. The van der Waals surface area contributed by atoms with Crippen LogP contribution in [0.1, 0.15) is 28.4 Å². The van der Waals surface area contributed by atoms with Crippen LogP contribution in [0.4, 0.5) is 0 Å². The summed E-state index contributed by atoms with van der Waals surface area (Å²) in [6.45, 7) is 1.93.